The minimum absolute atomic E-state index is 0.231. The van der Waals surface area contributed by atoms with E-state index in [0.29, 0.717) is 5.58 Å². The Bertz CT molecular complexity index is 632. The fraction of sp³-hybridized carbons (Fsp3) is 0. The highest BCUT2D eigenvalue weighted by Gasteiger charge is 2.11. The summed E-state index contributed by atoms with van der Waals surface area (Å²) in [6.07, 6.45) is 0. The number of rotatable bonds is 1. The molecule has 2 nitrogen and oxygen atoms in total. The van der Waals surface area contributed by atoms with Crippen molar-refractivity contribution >= 4 is 26.9 Å². The summed E-state index contributed by atoms with van der Waals surface area (Å²) in [5.74, 6) is 0.983. The number of phenolic OH excluding ortho intramolecular Hbond substituents is 1. The van der Waals surface area contributed by atoms with Gasteiger partial charge in [0, 0.05) is 5.56 Å². The van der Waals surface area contributed by atoms with Crippen LogP contribution in [0.15, 0.2) is 57.4 Å². The molecule has 0 radical (unpaired) electrons. The van der Waals surface area contributed by atoms with Crippen LogP contribution in [-0.2, 0) is 0 Å². The highest BCUT2D eigenvalue weighted by atomic mass is 79.9. The zero-order chi connectivity index (χ0) is 11.8. The van der Waals surface area contributed by atoms with E-state index in [-0.39, 0.29) is 5.75 Å². The topological polar surface area (TPSA) is 33.4 Å². The standard InChI is InChI=1S/C14H9BrO2/c15-11-6-7-12(16)10-8-13(17-14(10)11)9-4-2-1-3-5-9/h1-8,16H. The smallest absolute Gasteiger partial charge is 0.152 e. The first-order chi connectivity index (χ1) is 8.25. The van der Waals surface area contributed by atoms with Gasteiger partial charge in [0.2, 0.25) is 0 Å². The number of fused-ring (bicyclic) bond motifs is 1. The lowest BCUT2D eigenvalue weighted by Crippen LogP contribution is -1.69. The Morgan fingerprint density at radius 1 is 1.00 bits per heavy atom. The van der Waals surface area contributed by atoms with E-state index in [0.717, 1.165) is 21.2 Å². The van der Waals surface area contributed by atoms with Crippen molar-refractivity contribution in [1.29, 1.82) is 0 Å². The Morgan fingerprint density at radius 2 is 1.76 bits per heavy atom. The van der Waals surface area contributed by atoms with Crippen LogP contribution in [0.1, 0.15) is 0 Å². The molecule has 0 aliphatic carbocycles. The van der Waals surface area contributed by atoms with E-state index in [4.69, 9.17) is 4.42 Å². The van der Waals surface area contributed by atoms with Crippen LogP contribution in [0.5, 0.6) is 5.75 Å². The maximum Gasteiger partial charge on any atom is 0.152 e. The molecule has 0 atom stereocenters. The second kappa shape index (κ2) is 3.93. The molecule has 1 heterocycles. The first kappa shape index (κ1) is 10.4. The molecule has 0 saturated heterocycles. The molecule has 0 bridgehead atoms. The molecule has 0 aliphatic heterocycles. The minimum atomic E-state index is 0.231. The lowest BCUT2D eigenvalue weighted by molar-refractivity contribution is 0.481. The minimum Gasteiger partial charge on any atom is -0.507 e. The summed E-state index contributed by atoms with van der Waals surface area (Å²) in [4.78, 5) is 0. The molecule has 2 aromatic carbocycles. The zero-order valence-electron chi connectivity index (χ0n) is 8.85. The van der Waals surface area contributed by atoms with Crippen molar-refractivity contribution in [3.63, 3.8) is 0 Å². The van der Waals surface area contributed by atoms with E-state index in [2.05, 4.69) is 15.9 Å². The van der Waals surface area contributed by atoms with Crippen LogP contribution >= 0.6 is 15.9 Å². The van der Waals surface area contributed by atoms with Crippen molar-refractivity contribution in [2.24, 2.45) is 0 Å². The van der Waals surface area contributed by atoms with Gasteiger partial charge in [-0.25, -0.2) is 0 Å². The summed E-state index contributed by atoms with van der Waals surface area (Å²) in [6.45, 7) is 0. The third-order valence-corrected chi connectivity index (χ3v) is 3.30. The van der Waals surface area contributed by atoms with Crippen molar-refractivity contribution in [1.82, 2.24) is 0 Å². The van der Waals surface area contributed by atoms with E-state index in [9.17, 15) is 5.11 Å². The van der Waals surface area contributed by atoms with Crippen molar-refractivity contribution in [2.45, 2.75) is 0 Å². The second-order valence-corrected chi connectivity index (χ2v) is 4.64. The number of benzene rings is 2. The fourth-order valence-corrected chi connectivity index (χ4v) is 2.25. The largest absolute Gasteiger partial charge is 0.507 e. The predicted molar refractivity (Wildman–Crippen MR) is 71.0 cm³/mol. The first-order valence-corrected chi connectivity index (χ1v) is 6.01. The molecule has 84 valence electrons. The quantitative estimate of drug-likeness (QED) is 0.712. The van der Waals surface area contributed by atoms with Crippen LogP contribution in [0.25, 0.3) is 22.3 Å². The zero-order valence-corrected chi connectivity index (χ0v) is 10.4. The molecule has 0 saturated carbocycles. The SMILES string of the molecule is Oc1ccc(Br)c2oc(-c3ccccc3)cc12. The first-order valence-electron chi connectivity index (χ1n) is 5.22. The van der Waals surface area contributed by atoms with Gasteiger partial charge in [-0.05, 0) is 34.1 Å². The van der Waals surface area contributed by atoms with Gasteiger partial charge < -0.3 is 9.52 Å². The number of aromatic hydroxyl groups is 1. The summed E-state index contributed by atoms with van der Waals surface area (Å²) in [5, 5.41) is 10.5. The van der Waals surface area contributed by atoms with Gasteiger partial charge in [-0.3, -0.25) is 0 Å². The van der Waals surface area contributed by atoms with Gasteiger partial charge in [0.1, 0.15) is 11.5 Å². The summed E-state index contributed by atoms with van der Waals surface area (Å²) < 4.78 is 6.60. The molecule has 3 heteroatoms. The number of halogens is 1. The Hall–Kier alpha value is -1.74. The van der Waals surface area contributed by atoms with Crippen LogP contribution in [-0.4, -0.2) is 5.11 Å². The molecule has 0 amide bonds. The predicted octanol–water partition coefficient (Wildman–Crippen LogP) is 4.57. The van der Waals surface area contributed by atoms with E-state index in [1.807, 2.05) is 36.4 Å². The van der Waals surface area contributed by atoms with Crippen LogP contribution in [0, 0.1) is 0 Å². The maximum atomic E-state index is 9.78. The lowest BCUT2D eigenvalue weighted by Gasteiger charge is -1.95. The van der Waals surface area contributed by atoms with Gasteiger partial charge >= 0.3 is 0 Å². The monoisotopic (exact) mass is 288 g/mol. The van der Waals surface area contributed by atoms with Crippen LogP contribution < -0.4 is 0 Å². The highest BCUT2D eigenvalue weighted by molar-refractivity contribution is 9.10. The molecule has 17 heavy (non-hydrogen) atoms. The number of hydrogen-bond acceptors (Lipinski definition) is 2. The van der Waals surface area contributed by atoms with Gasteiger partial charge in [0.05, 0.1) is 9.86 Å². The average molecular weight is 289 g/mol. The molecule has 3 aromatic rings. The van der Waals surface area contributed by atoms with Crippen LogP contribution in [0.4, 0.5) is 0 Å². The summed E-state index contributed by atoms with van der Waals surface area (Å²) >= 11 is 3.41. The molecule has 0 fully saturated rings. The molecule has 0 spiro atoms. The van der Waals surface area contributed by atoms with Gasteiger partial charge in [-0.1, -0.05) is 30.3 Å². The second-order valence-electron chi connectivity index (χ2n) is 3.79. The third-order valence-electron chi connectivity index (χ3n) is 2.67. The van der Waals surface area contributed by atoms with Gasteiger partial charge in [-0.2, -0.15) is 0 Å². The van der Waals surface area contributed by atoms with Crippen molar-refractivity contribution in [2.75, 3.05) is 0 Å². The van der Waals surface area contributed by atoms with Gasteiger partial charge in [-0.15, -0.1) is 0 Å². The molecule has 1 N–H and O–H groups in total. The van der Waals surface area contributed by atoms with Gasteiger partial charge in [0.15, 0.2) is 5.58 Å². The Morgan fingerprint density at radius 3 is 2.47 bits per heavy atom. The van der Waals surface area contributed by atoms with E-state index in [1.54, 1.807) is 12.1 Å². The lowest BCUT2D eigenvalue weighted by atomic mass is 10.1. The molecule has 0 aliphatic rings. The van der Waals surface area contributed by atoms with E-state index >= 15 is 0 Å². The summed E-state index contributed by atoms with van der Waals surface area (Å²) in [7, 11) is 0. The highest BCUT2D eigenvalue weighted by Crippen LogP contribution is 2.36. The third kappa shape index (κ3) is 1.72. The van der Waals surface area contributed by atoms with Crippen LogP contribution in [0.2, 0.25) is 0 Å². The Balaban J connectivity index is 2.27. The summed E-state index contributed by atoms with van der Waals surface area (Å²) in [5.41, 5.74) is 1.67. The van der Waals surface area contributed by atoms with Crippen LogP contribution in [0.3, 0.4) is 0 Å². The number of phenols is 1. The van der Waals surface area contributed by atoms with E-state index in [1.165, 1.54) is 0 Å². The van der Waals surface area contributed by atoms with Crippen molar-refractivity contribution in [3.8, 4) is 17.1 Å². The van der Waals surface area contributed by atoms with Gasteiger partial charge in [0.25, 0.3) is 0 Å². The number of hydrogen-bond donors (Lipinski definition) is 1. The number of furan rings is 1. The average Bonchev–Trinajstić information content (AvgIpc) is 2.81. The molecular weight excluding hydrogens is 280 g/mol. The van der Waals surface area contributed by atoms with Crippen molar-refractivity contribution in [3.05, 3.63) is 53.0 Å². The van der Waals surface area contributed by atoms with Crippen molar-refractivity contribution < 1.29 is 9.52 Å². The Kier molecular flexibility index (Phi) is 2.41. The molecule has 0 unspecified atom stereocenters. The molecule has 3 rings (SSSR count). The van der Waals surface area contributed by atoms with E-state index < -0.39 is 0 Å². The fourth-order valence-electron chi connectivity index (χ4n) is 1.82. The normalized spacial score (nSPS) is 10.9. The maximum absolute atomic E-state index is 9.78. The molecular formula is C14H9BrO2. The molecule has 1 aromatic heterocycles. The Labute approximate surface area is 107 Å². The summed E-state index contributed by atoms with van der Waals surface area (Å²) in [6, 6.07) is 15.1.